The Hall–Kier alpha value is 0.183. The van der Waals surface area contributed by atoms with E-state index in [4.69, 9.17) is 11.8 Å². The van der Waals surface area contributed by atoms with Gasteiger partial charge in [-0.3, -0.25) is 10.0 Å². The minimum atomic E-state index is -0.440. The number of allylic oxidation sites excluding steroid dienone is 1. The number of amides is 1. The molecule has 0 spiro atoms. The fourth-order valence-electron chi connectivity index (χ4n) is 0. The fraction of sp³-hybridized carbons (Fsp3) is 0.375. The third kappa shape index (κ3) is 72.2. The van der Waals surface area contributed by atoms with E-state index in [0.717, 1.165) is 6.42 Å². The predicted octanol–water partition coefficient (Wildman–Crippen LogP) is 0.459. The van der Waals surface area contributed by atoms with Crippen molar-refractivity contribution in [2.24, 2.45) is 0 Å². The molecule has 0 aliphatic rings. The average Bonchev–Trinajstić information content (AvgIpc) is 2.18. The van der Waals surface area contributed by atoms with E-state index in [0.29, 0.717) is 0 Å². The van der Waals surface area contributed by atoms with Gasteiger partial charge in [0, 0.05) is 6.92 Å². The first kappa shape index (κ1) is 18.9. The Morgan fingerprint density at radius 1 is 1.85 bits per heavy atom. The second-order valence-electron chi connectivity index (χ2n) is 1.51. The van der Waals surface area contributed by atoms with Crippen molar-refractivity contribution in [2.75, 3.05) is 0 Å². The third-order valence-corrected chi connectivity index (χ3v) is 1.69. The molecule has 0 aliphatic carbocycles. The Bertz CT molecular complexity index is 145. The van der Waals surface area contributed by atoms with Gasteiger partial charge in [0.05, 0.1) is 0 Å². The van der Waals surface area contributed by atoms with Crippen LogP contribution in [0.25, 0.3) is 0 Å². The molecule has 0 saturated heterocycles. The quantitative estimate of drug-likeness (QED) is 0.409. The van der Waals surface area contributed by atoms with Crippen molar-refractivity contribution in [1.82, 2.24) is 5.48 Å². The molecule has 0 aromatic rings. The molecule has 0 rings (SSSR count). The molecule has 75 valence electrons. The van der Waals surface area contributed by atoms with E-state index in [-0.39, 0.29) is 0 Å². The van der Waals surface area contributed by atoms with Crippen LogP contribution in [0, 0.1) is 6.58 Å². The first-order valence-electron chi connectivity index (χ1n) is 3.37. The summed E-state index contributed by atoms with van der Waals surface area (Å²) < 4.78 is 4.73. The van der Waals surface area contributed by atoms with Crippen LogP contribution in [0.2, 0.25) is 0 Å². The van der Waals surface area contributed by atoms with Gasteiger partial charge < -0.3 is 0 Å². The van der Waals surface area contributed by atoms with E-state index in [1.165, 1.54) is 37.8 Å². The molecule has 13 heavy (non-hydrogen) atoms. The van der Waals surface area contributed by atoms with Gasteiger partial charge in [0.15, 0.2) is 0 Å². The maximum atomic E-state index is 9.45. The van der Waals surface area contributed by atoms with Gasteiger partial charge in [-0.05, 0) is 0 Å². The first-order chi connectivity index (χ1) is 6.10. The van der Waals surface area contributed by atoms with Gasteiger partial charge >= 0.3 is 71.5 Å². The van der Waals surface area contributed by atoms with Crippen LogP contribution in [0.1, 0.15) is 20.3 Å². The number of hydroxylamine groups is 1. The number of rotatable bonds is 2. The summed E-state index contributed by atoms with van der Waals surface area (Å²) in [6, 6.07) is 0. The molecular weight excluding hydrogens is 377 g/mol. The molecule has 0 aromatic carbocycles. The van der Waals surface area contributed by atoms with Gasteiger partial charge in [-0.25, -0.2) is 5.48 Å². The van der Waals surface area contributed by atoms with Crippen LogP contribution in [0.4, 0.5) is 0 Å². The SMILES string of the molecule is CC(=O)NO.CC[C-]=[W].[CH-]=C[CH]=[V]. The third-order valence-electron chi connectivity index (χ3n) is 0.388. The van der Waals surface area contributed by atoms with Crippen LogP contribution in [0.15, 0.2) is 6.08 Å². The van der Waals surface area contributed by atoms with Gasteiger partial charge in [-0.15, -0.1) is 0 Å². The summed E-state index contributed by atoms with van der Waals surface area (Å²) in [5.41, 5.74) is 1.39. The molecule has 1 amide bonds. The molecule has 0 aromatic heterocycles. The van der Waals surface area contributed by atoms with E-state index in [2.05, 4.69) is 28.3 Å². The standard InChI is InChI=1S/C3H5.C3H3.C2H5NO2.V.W/c2*1-3-2;1-2(4)3-5;;/h3H2,1H3;1-3H;5H,1H3,(H,3,4);;/q2*-1;;;. The maximum absolute atomic E-state index is 9.45. The second-order valence-corrected chi connectivity index (χ2v) is 3.01. The van der Waals surface area contributed by atoms with E-state index in [9.17, 15) is 4.79 Å². The van der Waals surface area contributed by atoms with Gasteiger partial charge in [0.2, 0.25) is 5.91 Å². The molecule has 0 atom stereocenters. The van der Waals surface area contributed by atoms with E-state index in [1.807, 2.05) is 0 Å². The molecule has 2 N–H and O–H groups in total. The van der Waals surface area contributed by atoms with Gasteiger partial charge in [-0.1, -0.05) is 0 Å². The van der Waals surface area contributed by atoms with Crippen molar-refractivity contribution in [3.8, 4) is 0 Å². The van der Waals surface area contributed by atoms with Gasteiger partial charge in [0.1, 0.15) is 0 Å². The topological polar surface area (TPSA) is 49.3 Å². The van der Waals surface area contributed by atoms with Crippen molar-refractivity contribution < 1.29 is 46.3 Å². The predicted molar refractivity (Wildman–Crippen MR) is 45.8 cm³/mol. The minimum absolute atomic E-state index is 0.440. The fourth-order valence-corrected chi connectivity index (χ4v) is 0. The van der Waals surface area contributed by atoms with E-state index < -0.39 is 5.91 Å². The molecule has 0 fully saturated rings. The summed E-state index contributed by atoms with van der Waals surface area (Å²) in [6.45, 7) is 8.14. The van der Waals surface area contributed by atoms with Crippen LogP contribution in [-0.4, -0.2) is 20.2 Å². The van der Waals surface area contributed by atoms with Gasteiger partial charge in [0.25, 0.3) is 0 Å². The number of hydrogen-bond donors (Lipinski definition) is 2. The van der Waals surface area contributed by atoms with E-state index in [1.54, 1.807) is 4.73 Å². The Balaban J connectivity index is -0.000000117. The monoisotopic (exact) mass is 390 g/mol. The van der Waals surface area contributed by atoms with Crippen molar-refractivity contribution >= 4 is 15.0 Å². The zero-order chi connectivity index (χ0) is 11.1. The summed E-state index contributed by atoms with van der Waals surface area (Å²) in [5.74, 6) is -0.440. The number of carbonyl (C=O) groups excluding carboxylic acids is 1. The zero-order valence-corrected chi connectivity index (χ0v) is 12.0. The van der Waals surface area contributed by atoms with Crippen molar-refractivity contribution in [3.63, 3.8) is 0 Å². The molecule has 0 radical (unpaired) electrons. The Labute approximate surface area is 99.5 Å². The average molecular weight is 390 g/mol. The zero-order valence-electron chi connectivity index (χ0n) is 7.65. The van der Waals surface area contributed by atoms with Crippen LogP contribution in [0.5, 0.6) is 0 Å². The molecule has 0 heterocycles. The van der Waals surface area contributed by atoms with Crippen LogP contribution in [-0.2, 0) is 41.1 Å². The summed E-state index contributed by atoms with van der Waals surface area (Å²) >= 11 is 3.69. The normalized spacial score (nSPS) is 6.00. The molecular formula is C8H13NO2VW-2. The molecule has 5 heteroatoms. The first-order valence-corrected chi connectivity index (χ1v) is 5.64. The molecule has 0 saturated carbocycles. The summed E-state index contributed by atoms with van der Waals surface area (Å²) in [4.78, 5) is 9.45. The Kier molecular flexibility index (Phi) is 33.0. The van der Waals surface area contributed by atoms with Crippen molar-refractivity contribution in [2.45, 2.75) is 20.3 Å². The van der Waals surface area contributed by atoms with Crippen LogP contribution >= 0.6 is 0 Å². The summed E-state index contributed by atoms with van der Waals surface area (Å²) in [7, 11) is 0. The second kappa shape index (κ2) is 22.8. The molecule has 3 nitrogen and oxygen atoms in total. The number of hydrogen-bond acceptors (Lipinski definition) is 2. The Morgan fingerprint density at radius 2 is 2.08 bits per heavy atom. The van der Waals surface area contributed by atoms with Crippen LogP contribution in [0.3, 0.4) is 0 Å². The molecule has 0 bridgehead atoms. The number of nitrogens with one attached hydrogen (secondary N) is 1. The van der Waals surface area contributed by atoms with Crippen molar-refractivity contribution in [1.29, 1.82) is 0 Å². The van der Waals surface area contributed by atoms with Gasteiger partial charge in [-0.2, -0.15) is 0 Å². The van der Waals surface area contributed by atoms with E-state index >= 15 is 0 Å². The van der Waals surface area contributed by atoms with Crippen LogP contribution < -0.4 is 5.48 Å². The molecule has 0 aliphatic heterocycles. The number of carbonyl (C=O) groups is 1. The summed E-state index contributed by atoms with van der Waals surface area (Å²) in [5, 5.41) is 7.54. The Morgan fingerprint density at radius 3 is 2.08 bits per heavy atom. The summed E-state index contributed by atoms with van der Waals surface area (Å²) in [6.07, 6.45) is 2.58. The molecule has 0 unspecified atom stereocenters. The van der Waals surface area contributed by atoms with Crippen molar-refractivity contribution in [3.05, 3.63) is 12.7 Å².